The molecule has 18 heavy (non-hydrogen) atoms. The molecular formula is C13H13Cl2NO2. The lowest BCUT2D eigenvalue weighted by molar-refractivity contribution is -0.123. The van der Waals surface area contributed by atoms with E-state index >= 15 is 0 Å². The number of halogens is 2. The number of nitrogens with one attached hydrogen (secondary N) is 1. The maximum absolute atomic E-state index is 11.9. The van der Waals surface area contributed by atoms with E-state index in [4.69, 9.17) is 23.2 Å². The summed E-state index contributed by atoms with van der Waals surface area (Å²) >= 11 is 11.7. The molecule has 0 radical (unpaired) electrons. The SMILES string of the molecule is O=C(N[C@H]1c2ccccc2C[C@H]1O)C1CC1(Cl)Cl. The Morgan fingerprint density at radius 3 is 2.72 bits per heavy atom. The Morgan fingerprint density at radius 1 is 1.39 bits per heavy atom. The third kappa shape index (κ3) is 2.00. The van der Waals surface area contributed by atoms with Gasteiger partial charge < -0.3 is 10.4 Å². The van der Waals surface area contributed by atoms with Crippen molar-refractivity contribution in [1.82, 2.24) is 5.32 Å². The van der Waals surface area contributed by atoms with E-state index in [1.807, 2.05) is 24.3 Å². The monoisotopic (exact) mass is 285 g/mol. The molecule has 1 aromatic carbocycles. The molecule has 2 aliphatic rings. The zero-order valence-electron chi connectivity index (χ0n) is 9.57. The van der Waals surface area contributed by atoms with E-state index in [0.29, 0.717) is 12.8 Å². The molecule has 0 aromatic heterocycles. The summed E-state index contributed by atoms with van der Waals surface area (Å²) in [7, 11) is 0. The van der Waals surface area contributed by atoms with Gasteiger partial charge in [0.2, 0.25) is 5.91 Å². The molecule has 96 valence electrons. The Morgan fingerprint density at radius 2 is 2.06 bits per heavy atom. The van der Waals surface area contributed by atoms with Crippen LogP contribution in [-0.4, -0.2) is 21.5 Å². The molecule has 3 atom stereocenters. The number of hydrogen-bond donors (Lipinski definition) is 2. The fourth-order valence-electron chi connectivity index (χ4n) is 2.50. The first kappa shape index (κ1) is 12.3. The minimum absolute atomic E-state index is 0.180. The van der Waals surface area contributed by atoms with Crippen LogP contribution in [0.1, 0.15) is 23.6 Å². The van der Waals surface area contributed by atoms with E-state index in [1.165, 1.54) is 0 Å². The normalized spacial score (nSPS) is 31.8. The highest BCUT2D eigenvalue weighted by molar-refractivity contribution is 6.52. The van der Waals surface area contributed by atoms with Gasteiger partial charge in [0.15, 0.2) is 0 Å². The van der Waals surface area contributed by atoms with Crippen LogP contribution in [0.4, 0.5) is 0 Å². The number of carbonyl (C=O) groups excluding carboxylic acids is 1. The van der Waals surface area contributed by atoms with Gasteiger partial charge >= 0.3 is 0 Å². The standard InChI is InChI=1S/C13H13Cl2NO2/c14-13(15)6-9(13)12(18)16-11-8-4-2-1-3-7(8)5-10(11)17/h1-4,9-11,17H,5-6H2,(H,16,18)/t9?,10-,11+/m1/s1. The molecule has 0 bridgehead atoms. The molecule has 1 amide bonds. The molecule has 0 spiro atoms. The molecule has 2 N–H and O–H groups in total. The van der Waals surface area contributed by atoms with Crippen molar-refractivity contribution in [2.75, 3.05) is 0 Å². The molecule has 1 unspecified atom stereocenters. The Labute approximate surface area is 115 Å². The summed E-state index contributed by atoms with van der Waals surface area (Å²) < 4.78 is -0.923. The third-order valence-electron chi connectivity index (χ3n) is 3.64. The number of aliphatic hydroxyl groups excluding tert-OH is 1. The van der Waals surface area contributed by atoms with Gasteiger partial charge in [-0.1, -0.05) is 24.3 Å². The number of fused-ring (bicyclic) bond motifs is 1. The first-order chi connectivity index (χ1) is 8.49. The molecule has 2 aliphatic carbocycles. The van der Waals surface area contributed by atoms with Crippen LogP contribution in [0.15, 0.2) is 24.3 Å². The van der Waals surface area contributed by atoms with Gasteiger partial charge in [-0.3, -0.25) is 4.79 Å². The van der Waals surface area contributed by atoms with Gasteiger partial charge in [-0.25, -0.2) is 0 Å². The second kappa shape index (κ2) is 4.12. The number of carbonyl (C=O) groups is 1. The fraction of sp³-hybridized carbons (Fsp3) is 0.462. The van der Waals surface area contributed by atoms with Gasteiger partial charge in [0.1, 0.15) is 4.33 Å². The highest BCUT2D eigenvalue weighted by atomic mass is 35.5. The summed E-state index contributed by atoms with van der Waals surface area (Å²) in [5, 5.41) is 12.9. The van der Waals surface area contributed by atoms with Crippen LogP contribution in [0.5, 0.6) is 0 Å². The second-order valence-corrected chi connectivity index (χ2v) is 6.52. The number of aliphatic hydroxyl groups is 1. The largest absolute Gasteiger partial charge is 0.390 e. The highest BCUT2D eigenvalue weighted by Gasteiger charge is 2.56. The molecule has 1 aromatic rings. The van der Waals surface area contributed by atoms with Gasteiger partial charge in [0.25, 0.3) is 0 Å². The predicted octanol–water partition coefficient (Wildman–Crippen LogP) is 1.95. The van der Waals surface area contributed by atoms with Crippen molar-refractivity contribution in [3.8, 4) is 0 Å². The Kier molecular flexibility index (Phi) is 2.81. The van der Waals surface area contributed by atoms with E-state index < -0.39 is 10.4 Å². The minimum atomic E-state index is -0.923. The summed E-state index contributed by atoms with van der Waals surface area (Å²) in [6, 6.07) is 7.38. The summed E-state index contributed by atoms with van der Waals surface area (Å²) in [6.07, 6.45) is 0.468. The van der Waals surface area contributed by atoms with Gasteiger partial charge in [-0.2, -0.15) is 0 Å². The number of rotatable bonds is 2. The van der Waals surface area contributed by atoms with Crippen LogP contribution in [0.3, 0.4) is 0 Å². The Bertz CT molecular complexity index is 504. The van der Waals surface area contributed by atoms with Gasteiger partial charge in [0.05, 0.1) is 18.1 Å². The molecule has 0 aliphatic heterocycles. The molecule has 1 fully saturated rings. The van der Waals surface area contributed by atoms with Crippen molar-refractivity contribution in [2.24, 2.45) is 5.92 Å². The number of hydrogen-bond acceptors (Lipinski definition) is 2. The smallest absolute Gasteiger partial charge is 0.226 e. The fourth-order valence-corrected chi connectivity index (χ4v) is 3.01. The van der Waals surface area contributed by atoms with Crippen LogP contribution in [0.2, 0.25) is 0 Å². The quantitative estimate of drug-likeness (QED) is 0.816. The minimum Gasteiger partial charge on any atom is -0.390 e. The highest BCUT2D eigenvalue weighted by Crippen LogP contribution is 2.53. The van der Waals surface area contributed by atoms with Crippen LogP contribution in [0, 0.1) is 5.92 Å². The van der Waals surface area contributed by atoms with Crippen molar-refractivity contribution in [1.29, 1.82) is 0 Å². The van der Waals surface area contributed by atoms with Crippen LogP contribution in [-0.2, 0) is 11.2 Å². The van der Waals surface area contributed by atoms with E-state index in [0.717, 1.165) is 11.1 Å². The van der Waals surface area contributed by atoms with Gasteiger partial charge in [-0.05, 0) is 17.5 Å². The summed E-state index contributed by atoms with van der Waals surface area (Å²) in [5.41, 5.74) is 2.06. The van der Waals surface area contributed by atoms with Crippen molar-refractivity contribution in [3.63, 3.8) is 0 Å². The average molecular weight is 286 g/mol. The summed E-state index contributed by atoms with van der Waals surface area (Å²) in [6.45, 7) is 0. The Balaban J connectivity index is 1.76. The Hall–Kier alpha value is -0.770. The predicted molar refractivity (Wildman–Crippen MR) is 69.6 cm³/mol. The molecule has 1 saturated carbocycles. The van der Waals surface area contributed by atoms with Crippen molar-refractivity contribution in [2.45, 2.75) is 29.3 Å². The van der Waals surface area contributed by atoms with E-state index in [2.05, 4.69) is 5.32 Å². The zero-order chi connectivity index (χ0) is 12.9. The molecule has 5 heteroatoms. The van der Waals surface area contributed by atoms with Crippen molar-refractivity contribution < 1.29 is 9.90 Å². The topological polar surface area (TPSA) is 49.3 Å². The maximum Gasteiger partial charge on any atom is 0.226 e. The number of amides is 1. The molecule has 0 heterocycles. The van der Waals surface area contributed by atoms with Crippen molar-refractivity contribution >= 4 is 29.1 Å². The van der Waals surface area contributed by atoms with E-state index in [1.54, 1.807) is 0 Å². The van der Waals surface area contributed by atoms with Gasteiger partial charge in [-0.15, -0.1) is 23.2 Å². The summed E-state index contributed by atoms with van der Waals surface area (Å²) in [5.74, 6) is -0.540. The van der Waals surface area contributed by atoms with Crippen LogP contribution < -0.4 is 5.32 Å². The van der Waals surface area contributed by atoms with Crippen LogP contribution in [0.25, 0.3) is 0 Å². The average Bonchev–Trinajstić information content (AvgIpc) is 2.84. The van der Waals surface area contributed by atoms with E-state index in [-0.39, 0.29) is 17.9 Å². The lowest BCUT2D eigenvalue weighted by Gasteiger charge is -2.18. The lowest BCUT2D eigenvalue weighted by atomic mass is 10.1. The van der Waals surface area contributed by atoms with Crippen molar-refractivity contribution in [3.05, 3.63) is 35.4 Å². The number of alkyl halides is 2. The van der Waals surface area contributed by atoms with Gasteiger partial charge in [0, 0.05) is 6.42 Å². The molecule has 3 rings (SSSR count). The van der Waals surface area contributed by atoms with E-state index in [9.17, 15) is 9.90 Å². The second-order valence-electron chi connectivity index (χ2n) is 4.97. The molecular weight excluding hydrogens is 273 g/mol. The molecule has 3 nitrogen and oxygen atoms in total. The maximum atomic E-state index is 11.9. The third-order valence-corrected chi connectivity index (χ3v) is 4.48. The van der Waals surface area contributed by atoms with Crippen LogP contribution >= 0.6 is 23.2 Å². The lowest BCUT2D eigenvalue weighted by Crippen LogP contribution is -2.35. The number of benzene rings is 1. The molecule has 0 saturated heterocycles. The first-order valence-corrected chi connectivity index (χ1v) is 6.69. The first-order valence-electron chi connectivity index (χ1n) is 5.93. The zero-order valence-corrected chi connectivity index (χ0v) is 11.1. The summed E-state index contributed by atoms with van der Waals surface area (Å²) in [4.78, 5) is 11.9.